The van der Waals surface area contributed by atoms with Gasteiger partial charge in [-0.25, -0.2) is 4.79 Å². The molecule has 0 aromatic carbocycles. The summed E-state index contributed by atoms with van der Waals surface area (Å²) in [5, 5.41) is 0. The van der Waals surface area contributed by atoms with E-state index >= 15 is 0 Å². The molecule has 2 heterocycles. The van der Waals surface area contributed by atoms with Crippen molar-refractivity contribution in [2.45, 2.75) is 129 Å². The first-order valence-corrected chi connectivity index (χ1v) is 15.8. The molecule has 0 bridgehead atoms. The number of carbonyl (C=O) groups excluding carboxylic acids is 1. The first kappa shape index (κ1) is 32.6. The number of amides is 1. The fourth-order valence-electron chi connectivity index (χ4n) is 5.20. The Hall–Kier alpha value is -1.66. The molecule has 1 saturated heterocycles. The Balaban J connectivity index is 1.35. The van der Waals surface area contributed by atoms with Gasteiger partial charge in [0, 0.05) is 31.5 Å². The van der Waals surface area contributed by atoms with Crippen molar-refractivity contribution in [3.63, 3.8) is 0 Å². The molecule has 1 aliphatic rings. The molecule has 1 fully saturated rings. The molecule has 1 aromatic heterocycles. The van der Waals surface area contributed by atoms with Crippen molar-refractivity contribution in [3.8, 4) is 0 Å². The second kappa shape index (κ2) is 22.2. The van der Waals surface area contributed by atoms with E-state index in [1.165, 1.54) is 96.3 Å². The number of hydrogen-bond acceptors (Lipinski definition) is 5. The lowest BCUT2D eigenvalue weighted by Gasteiger charge is -2.21. The maximum absolute atomic E-state index is 12.5. The number of hydrogen-bond donors (Lipinski definition) is 0. The lowest BCUT2D eigenvalue weighted by Crippen LogP contribution is -2.33. The number of ether oxygens (including phenoxy) is 3. The van der Waals surface area contributed by atoms with Crippen LogP contribution in [0.25, 0.3) is 0 Å². The minimum absolute atomic E-state index is 0.0424. The predicted molar refractivity (Wildman–Crippen MR) is 157 cm³/mol. The van der Waals surface area contributed by atoms with Crippen LogP contribution in [0.4, 0.5) is 10.5 Å². The molecular weight excluding hydrogens is 476 g/mol. The van der Waals surface area contributed by atoms with Gasteiger partial charge in [-0.2, -0.15) is 0 Å². The Labute approximate surface area is 233 Å². The van der Waals surface area contributed by atoms with Crippen LogP contribution in [0.15, 0.2) is 24.5 Å². The zero-order valence-electron chi connectivity index (χ0n) is 24.5. The average molecular weight is 533 g/mol. The predicted octanol–water partition coefficient (Wildman–Crippen LogP) is 8.73. The van der Waals surface area contributed by atoms with E-state index in [0.29, 0.717) is 19.1 Å². The van der Waals surface area contributed by atoms with Gasteiger partial charge in [0.05, 0.1) is 25.0 Å². The Morgan fingerprint density at radius 2 is 1.39 bits per heavy atom. The summed E-state index contributed by atoms with van der Waals surface area (Å²) in [7, 11) is 0. The van der Waals surface area contributed by atoms with Gasteiger partial charge in [-0.05, 0) is 31.9 Å². The van der Waals surface area contributed by atoms with Crippen LogP contribution in [-0.4, -0.2) is 50.2 Å². The number of nitrogens with zero attached hydrogens (tertiary/aromatic N) is 2. The Kier molecular flexibility index (Phi) is 19.0. The van der Waals surface area contributed by atoms with Crippen LogP contribution in [0.5, 0.6) is 0 Å². The molecular formula is C32H56N2O4. The highest BCUT2D eigenvalue weighted by molar-refractivity contribution is 5.87. The highest BCUT2D eigenvalue weighted by atomic mass is 16.6. The molecule has 0 radical (unpaired) electrons. The van der Waals surface area contributed by atoms with Gasteiger partial charge in [-0.1, -0.05) is 103 Å². The minimum atomic E-state index is -0.342. The smallest absolute Gasteiger partial charge is 0.414 e. The fraction of sp³-hybridized carbons (Fsp3) is 0.812. The Bertz CT molecular complexity index is 687. The molecule has 1 aromatic rings. The molecule has 0 saturated carbocycles. The molecule has 1 amide bonds. The summed E-state index contributed by atoms with van der Waals surface area (Å²) in [5.41, 5.74) is 0.792. The van der Waals surface area contributed by atoms with E-state index in [2.05, 4.69) is 11.9 Å². The van der Waals surface area contributed by atoms with Gasteiger partial charge in [0.2, 0.25) is 0 Å². The average Bonchev–Trinajstić information content (AvgIpc) is 3.40. The second-order valence-corrected chi connectivity index (χ2v) is 11.0. The number of carbonyl (C=O) groups is 1. The summed E-state index contributed by atoms with van der Waals surface area (Å²) in [6.45, 7) is 7.31. The van der Waals surface area contributed by atoms with Gasteiger partial charge in [0.25, 0.3) is 0 Å². The molecule has 2 atom stereocenters. The molecule has 6 heteroatoms. The summed E-state index contributed by atoms with van der Waals surface area (Å²) in [6.07, 6.45) is 26.0. The summed E-state index contributed by atoms with van der Waals surface area (Å²) < 4.78 is 17.3. The zero-order valence-corrected chi connectivity index (χ0v) is 24.5. The van der Waals surface area contributed by atoms with Crippen LogP contribution in [0.3, 0.4) is 0 Å². The molecule has 218 valence electrons. The molecule has 0 N–H and O–H groups in total. The van der Waals surface area contributed by atoms with Crippen molar-refractivity contribution < 1.29 is 19.0 Å². The van der Waals surface area contributed by atoms with E-state index in [4.69, 9.17) is 14.2 Å². The first-order chi connectivity index (χ1) is 18.7. The van der Waals surface area contributed by atoms with E-state index in [1.54, 1.807) is 17.3 Å². The third-order valence-electron chi connectivity index (χ3n) is 7.56. The van der Waals surface area contributed by atoms with Crippen molar-refractivity contribution in [3.05, 3.63) is 24.5 Å². The second-order valence-electron chi connectivity index (χ2n) is 11.0. The quantitative estimate of drug-likeness (QED) is 0.132. The molecule has 6 nitrogen and oxygen atoms in total. The topological polar surface area (TPSA) is 60.9 Å². The van der Waals surface area contributed by atoms with Crippen LogP contribution >= 0.6 is 0 Å². The summed E-state index contributed by atoms with van der Waals surface area (Å²) in [5.74, 6) is 0.391. The standard InChI is InChI=1S/C32H56N2O4/c1-3-5-6-7-8-9-10-11-12-13-14-15-16-17-18-19-24-36-26-29-25-31(37-27-29)28-38-32(35)34(4-2)30-20-22-33-23-21-30/h20-23,29,31H,3-19,24-28H2,1-2H3/t29-,31-/m0/s1. The highest BCUT2D eigenvalue weighted by Crippen LogP contribution is 2.21. The SMILES string of the molecule is CCCCCCCCCCCCCCCCCCOC[C@H]1CO[C@H](COC(=O)N(CC)c2ccncc2)C1. The van der Waals surface area contributed by atoms with E-state index in [-0.39, 0.29) is 18.8 Å². The van der Waals surface area contributed by atoms with Crippen molar-refractivity contribution in [1.82, 2.24) is 4.98 Å². The van der Waals surface area contributed by atoms with E-state index in [9.17, 15) is 4.79 Å². The summed E-state index contributed by atoms with van der Waals surface area (Å²) >= 11 is 0. The van der Waals surface area contributed by atoms with Crippen LogP contribution in [0, 0.1) is 5.92 Å². The summed E-state index contributed by atoms with van der Waals surface area (Å²) in [4.78, 5) is 18.1. The largest absolute Gasteiger partial charge is 0.446 e. The van der Waals surface area contributed by atoms with Crippen molar-refractivity contribution in [2.75, 3.05) is 37.9 Å². The number of anilines is 1. The van der Waals surface area contributed by atoms with Gasteiger partial charge in [-0.3, -0.25) is 9.88 Å². The van der Waals surface area contributed by atoms with Gasteiger partial charge >= 0.3 is 6.09 Å². The van der Waals surface area contributed by atoms with Gasteiger partial charge in [-0.15, -0.1) is 0 Å². The summed E-state index contributed by atoms with van der Waals surface area (Å²) in [6, 6.07) is 3.62. The lowest BCUT2D eigenvalue weighted by molar-refractivity contribution is 0.0412. The lowest BCUT2D eigenvalue weighted by atomic mass is 10.0. The van der Waals surface area contributed by atoms with Crippen LogP contribution < -0.4 is 4.90 Å². The molecule has 0 aliphatic carbocycles. The van der Waals surface area contributed by atoms with E-state index in [1.807, 2.05) is 19.1 Å². The van der Waals surface area contributed by atoms with Gasteiger partial charge < -0.3 is 14.2 Å². The molecule has 2 rings (SSSR count). The van der Waals surface area contributed by atoms with Crippen molar-refractivity contribution >= 4 is 11.8 Å². The Morgan fingerprint density at radius 1 is 0.842 bits per heavy atom. The maximum Gasteiger partial charge on any atom is 0.414 e. The van der Waals surface area contributed by atoms with Gasteiger partial charge in [0.1, 0.15) is 6.61 Å². The number of rotatable bonds is 23. The zero-order chi connectivity index (χ0) is 27.1. The molecule has 0 unspecified atom stereocenters. The maximum atomic E-state index is 12.5. The normalized spacial score (nSPS) is 17.1. The van der Waals surface area contributed by atoms with Crippen LogP contribution in [0.1, 0.15) is 123 Å². The third-order valence-corrected chi connectivity index (χ3v) is 7.56. The highest BCUT2D eigenvalue weighted by Gasteiger charge is 2.27. The third kappa shape index (κ3) is 15.1. The van der Waals surface area contributed by atoms with Gasteiger partial charge in [0.15, 0.2) is 0 Å². The Morgan fingerprint density at radius 3 is 1.95 bits per heavy atom. The first-order valence-electron chi connectivity index (χ1n) is 15.8. The molecule has 38 heavy (non-hydrogen) atoms. The monoisotopic (exact) mass is 532 g/mol. The van der Waals surface area contributed by atoms with Crippen LogP contribution in [-0.2, 0) is 14.2 Å². The molecule has 0 spiro atoms. The fourth-order valence-corrected chi connectivity index (χ4v) is 5.20. The number of aromatic nitrogens is 1. The van der Waals surface area contributed by atoms with Crippen LogP contribution in [0.2, 0.25) is 0 Å². The van der Waals surface area contributed by atoms with E-state index < -0.39 is 0 Å². The minimum Gasteiger partial charge on any atom is -0.446 e. The van der Waals surface area contributed by atoms with E-state index in [0.717, 1.165) is 31.7 Å². The van der Waals surface area contributed by atoms with Crippen molar-refractivity contribution in [2.24, 2.45) is 5.92 Å². The molecule has 1 aliphatic heterocycles. The number of unbranched alkanes of at least 4 members (excludes halogenated alkanes) is 15. The number of pyridine rings is 1. The van der Waals surface area contributed by atoms with Crippen molar-refractivity contribution in [1.29, 1.82) is 0 Å².